The van der Waals surface area contributed by atoms with Crippen LogP contribution in [0.15, 0.2) is 40.1 Å². The third-order valence-corrected chi connectivity index (χ3v) is 3.52. The molecule has 2 rings (SSSR count). The largest absolute Gasteiger partial charge is 0.273 e. The van der Waals surface area contributed by atoms with Gasteiger partial charge in [0.15, 0.2) is 0 Å². The minimum Gasteiger partial charge on any atom is -0.273 e. The SMILES string of the molecule is O=C(Cc1cccs1)N/N=C\c1cccs1. The number of rotatable bonds is 4. The first-order chi connectivity index (χ1) is 7.84. The maximum Gasteiger partial charge on any atom is 0.245 e. The summed E-state index contributed by atoms with van der Waals surface area (Å²) in [5.74, 6) is -0.0877. The molecule has 0 aliphatic rings. The molecule has 0 unspecified atom stereocenters. The highest BCUT2D eigenvalue weighted by Crippen LogP contribution is 2.08. The topological polar surface area (TPSA) is 41.5 Å². The lowest BCUT2D eigenvalue weighted by atomic mass is 10.3. The van der Waals surface area contributed by atoms with Gasteiger partial charge >= 0.3 is 0 Å². The minimum atomic E-state index is -0.0877. The number of amides is 1. The van der Waals surface area contributed by atoms with Gasteiger partial charge in [0.25, 0.3) is 0 Å². The summed E-state index contributed by atoms with van der Waals surface area (Å²) in [5, 5.41) is 7.81. The normalized spacial score (nSPS) is 10.8. The van der Waals surface area contributed by atoms with Crippen molar-refractivity contribution in [2.75, 3.05) is 0 Å². The lowest BCUT2D eigenvalue weighted by molar-refractivity contribution is -0.120. The Balaban J connectivity index is 1.80. The summed E-state index contributed by atoms with van der Waals surface area (Å²) >= 11 is 3.15. The van der Waals surface area contributed by atoms with Crippen LogP contribution in [0, 0.1) is 0 Å². The molecule has 5 heteroatoms. The van der Waals surface area contributed by atoms with Crippen LogP contribution < -0.4 is 5.43 Å². The summed E-state index contributed by atoms with van der Waals surface area (Å²) in [6.45, 7) is 0. The molecule has 2 aromatic rings. The molecule has 2 aromatic heterocycles. The van der Waals surface area contributed by atoms with E-state index < -0.39 is 0 Å². The van der Waals surface area contributed by atoms with E-state index in [1.807, 2.05) is 35.0 Å². The van der Waals surface area contributed by atoms with Crippen LogP contribution in [0.2, 0.25) is 0 Å². The van der Waals surface area contributed by atoms with Gasteiger partial charge in [-0.1, -0.05) is 12.1 Å². The lowest BCUT2D eigenvalue weighted by Crippen LogP contribution is -2.19. The smallest absolute Gasteiger partial charge is 0.245 e. The molecule has 0 aliphatic carbocycles. The Kier molecular flexibility index (Phi) is 3.85. The third kappa shape index (κ3) is 3.29. The maximum atomic E-state index is 11.4. The van der Waals surface area contributed by atoms with Crippen molar-refractivity contribution < 1.29 is 4.79 Å². The minimum absolute atomic E-state index is 0.0877. The Bertz CT molecular complexity index is 460. The molecule has 0 atom stereocenters. The van der Waals surface area contributed by atoms with Gasteiger partial charge in [-0.3, -0.25) is 4.79 Å². The number of hydrogen-bond donors (Lipinski definition) is 1. The Morgan fingerprint density at radius 3 is 2.81 bits per heavy atom. The van der Waals surface area contributed by atoms with Crippen molar-refractivity contribution >= 4 is 34.8 Å². The summed E-state index contributed by atoms with van der Waals surface area (Å²) in [5.41, 5.74) is 2.50. The lowest BCUT2D eigenvalue weighted by Gasteiger charge is -1.96. The van der Waals surface area contributed by atoms with Gasteiger partial charge in [0.05, 0.1) is 12.6 Å². The number of hydrazone groups is 1. The van der Waals surface area contributed by atoms with Crippen molar-refractivity contribution in [1.29, 1.82) is 0 Å². The molecule has 0 bridgehead atoms. The van der Waals surface area contributed by atoms with Crippen LogP contribution in [-0.2, 0) is 11.2 Å². The van der Waals surface area contributed by atoms with E-state index in [9.17, 15) is 4.79 Å². The summed E-state index contributed by atoms with van der Waals surface area (Å²) in [4.78, 5) is 13.5. The Morgan fingerprint density at radius 2 is 2.12 bits per heavy atom. The van der Waals surface area contributed by atoms with E-state index >= 15 is 0 Å². The van der Waals surface area contributed by atoms with Crippen LogP contribution >= 0.6 is 22.7 Å². The van der Waals surface area contributed by atoms with Gasteiger partial charge in [-0.05, 0) is 22.9 Å². The average molecular weight is 250 g/mol. The quantitative estimate of drug-likeness (QED) is 0.657. The number of hydrogen-bond acceptors (Lipinski definition) is 4. The molecular formula is C11H10N2OS2. The van der Waals surface area contributed by atoms with E-state index in [2.05, 4.69) is 10.5 Å². The second-order valence-corrected chi connectivity index (χ2v) is 5.08. The monoisotopic (exact) mass is 250 g/mol. The van der Waals surface area contributed by atoms with Gasteiger partial charge < -0.3 is 0 Å². The zero-order chi connectivity index (χ0) is 11.2. The van der Waals surface area contributed by atoms with Crippen LogP contribution in [0.5, 0.6) is 0 Å². The fourth-order valence-corrected chi connectivity index (χ4v) is 2.43. The van der Waals surface area contributed by atoms with Crippen molar-refractivity contribution in [3.05, 3.63) is 44.8 Å². The Labute approximate surface area is 101 Å². The summed E-state index contributed by atoms with van der Waals surface area (Å²) in [6.07, 6.45) is 2.04. The van der Waals surface area contributed by atoms with Gasteiger partial charge in [0.2, 0.25) is 5.91 Å². The Hall–Kier alpha value is -1.46. The molecule has 0 saturated heterocycles. The number of carbonyl (C=O) groups excluding carboxylic acids is 1. The van der Waals surface area contributed by atoms with Gasteiger partial charge in [-0.2, -0.15) is 5.10 Å². The molecule has 0 radical (unpaired) electrons. The van der Waals surface area contributed by atoms with Gasteiger partial charge in [-0.25, -0.2) is 5.43 Å². The Morgan fingerprint density at radius 1 is 1.31 bits per heavy atom. The van der Waals surface area contributed by atoms with Crippen molar-refractivity contribution in [2.45, 2.75) is 6.42 Å². The number of nitrogens with one attached hydrogen (secondary N) is 1. The molecular weight excluding hydrogens is 240 g/mol. The van der Waals surface area contributed by atoms with Crippen LogP contribution in [0.1, 0.15) is 9.75 Å². The zero-order valence-electron chi connectivity index (χ0n) is 8.42. The van der Waals surface area contributed by atoms with E-state index in [-0.39, 0.29) is 5.91 Å². The molecule has 3 nitrogen and oxygen atoms in total. The molecule has 16 heavy (non-hydrogen) atoms. The highest BCUT2D eigenvalue weighted by atomic mass is 32.1. The molecule has 0 aromatic carbocycles. The number of nitrogens with zero attached hydrogens (tertiary/aromatic N) is 1. The fraction of sp³-hybridized carbons (Fsp3) is 0.0909. The highest BCUT2D eigenvalue weighted by Gasteiger charge is 2.01. The van der Waals surface area contributed by atoms with Crippen LogP contribution in [-0.4, -0.2) is 12.1 Å². The summed E-state index contributed by atoms with van der Waals surface area (Å²) in [6, 6.07) is 7.76. The molecule has 2 heterocycles. The van der Waals surface area contributed by atoms with Crippen molar-refractivity contribution in [2.24, 2.45) is 5.10 Å². The van der Waals surface area contributed by atoms with Crippen LogP contribution in [0.4, 0.5) is 0 Å². The van der Waals surface area contributed by atoms with Crippen molar-refractivity contribution in [3.63, 3.8) is 0 Å². The van der Waals surface area contributed by atoms with E-state index in [0.29, 0.717) is 6.42 Å². The molecule has 1 amide bonds. The van der Waals surface area contributed by atoms with Gasteiger partial charge in [0.1, 0.15) is 0 Å². The third-order valence-electron chi connectivity index (χ3n) is 1.84. The van der Waals surface area contributed by atoms with Crippen molar-refractivity contribution in [3.8, 4) is 0 Å². The maximum absolute atomic E-state index is 11.4. The van der Waals surface area contributed by atoms with E-state index in [1.54, 1.807) is 28.9 Å². The predicted molar refractivity (Wildman–Crippen MR) is 68.1 cm³/mol. The first-order valence-electron chi connectivity index (χ1n) is 4.72. The first-order valence-corrected chi connectivity index (χ1v) is 6.48. The van der Waals surface area contributed by atoms with Gasteiger partial charge in [-0.15, -0.1) is 22.7 Å². The molecule has 82 valence electrons. The molecule has 0 spiro atoms. The van der Waals surface area contributed by atoms with Gasteiger partial charge in [0, 0.05) is 9.75 Å². The van der Waals surface area contributed by atoms with Crippen LogP contribution in [0.25, 0.3) is 0 Å². The summed E-state index contributed by atoms with van der Waals surface area (Å²) in [7, 11) is 0. The molecule has 0 fully saturated rings. The van der Waals surface area contributed by atoms with E-state index in [0.717, 1.165) is 9.75 Å². The first kappa shape index (κ1) is 11.0. The van der Waals surface area contributed by atoms with Crippen LogP contribution in [0.3, 0.4) is 0 Å². The fourth-order valence-electron chi connectivity index (χ4n) is 1.14. The second-order valence-electron chi connectivity index (χ2n) is 3.06. The standard InChI is InChI=1S/C11H10N2OS2/c14-11(7-9-3-1-5-15-9)13-12-8-10-4-2-6-16-10/h1-6,8H,7H2,(H,13,14)/b12-8-. The highest BCUT2D eigenvalue weighted by molar-refractivity contribution is 7.11. The van der Waals surface area contributed by atoms with E-state index in [1.165, 1.54) is 0 Å². The summed E-state index contributed by atoms with van der Waals surface area (Å²) < 4.78 is 0. The zero-order valence-corrected chi connectivity index (χ0v) is 10.1. The van der Waals surface area contributed by atoms with E-state index in [4.69, 9.17) is 0 Å². The van der Waals surface area contributed by atoms with Crippen molar-refractivity contribution in [1.82, 2.24) is 5.43 Å². The number of thiophene rings is 2. The molecule has 0 saturated carbocycles. The molecule has 1 N–H and O–H groups in total. The number of carbonyl (C=O) groups is 1. The molecule has 0 aliphatic heterocycles. The average Bonchev–Trinajstić information content (AvgIpc) is 2.90. The second kappa shape index (κ2) is 5.58. The predicted octanol–water partition coefficient (Wildman–Crippen LogP) is 2.50.